The van der Waals surface area contributed by atoms with Crippen LogP contribution in [0, 0.1) is 0 Å². The highest BCUT2D eigenvalue weighted by atomic mass is 35.5. The van der Waals surface area contributed by atoms with E-state index in [0.717, 1.165) is 22.4 Å². The summed E-state index contributed by atoms with van der Waals surface area (Å²) < 4.78 is 8.44. The monoisotopic (exact) mass is 424 g/mol. The Morgan fingerprint density at radius 2 is 1.93 bits per heavy atom. The van der Waals surface area contributed by atoms with Gasteiger partial charge in [-0.25, -0.2) is 0 Å². The van der Waals surface area contributed by atoms with Crippen molar-refractivity contribution in [3.05, 3.63) is 74.9 Å². The van der Waals surface area contributed by atoms with Crippen molar-refractivity contribution in [1.82, 2.24) is 14.3 Å². The number of aromatic nitrogens is 3. The summed E-state index contributed by atoms with van der Waals surface area (Å²) in [6.45, 7) is 2.05. The van der Waals surface area contributed by atoms with Crippen molar-refractivity contribution >= 4 is 23.3 Å². The van der Waals surface area contributed by atoms with Crippen LogP contribution in [0.25, 0.3) is 11.1 Å². The Morgan fingerprint density at radius 1 is 1.20 bits per heavy atom. The van der Waals surface area contributed by atoms with Crippen molar-refractivity contribution in [2.45, 2.75) is 19.4 Å². The summed E-state index contributed by atoms with van der Waals surface area (Å²) in [4.78, 5) is 29.7. The smallest absolute Gasteiger partial charge is 0.308 e. The third kappa shape index (κ3) is 3.57. The minimum absolute atomic E-state index is 0.0342. The molecule has 3 aromatic rings. The fourth-order valence-electron chi connectivity index (χ4n) is 3.70. The molecule has 0 aliphatic carbocycles. The molecule has 1 unspecified atom stereocenters. The summed E-state index contributed by atoms with van der Waals surface area (Å²) >= 11 is 6.08. The van der Waals surface area contributed by atoms with Gasteiger partial charge in [-0.3, -0.25) is 19.3 Å². The highest BCUT2D eigenvalue weighted by molar-refractivity contribution is 6.30. The average molecular weight is 425 g/mol. The molecule has 1 aliphatic rings. The molecule has 0 N–H and O–H groups in total. The first-order chi connectivity index (χ1) is 14.4. The molecule has 8 heteroatoms. The lowest BCUT2D eigenvalue weighted by atomic mass is 9.96. The number of nitrogens with zero attached hydrogens (tertiary/aromatic N) is 4. The van der Waals surface area contributed by atoms with Gasteiger partial charge in [0.1, 0.15) is 0 Å². The van der Waals surface area contributed by atoms with Crippen LogP contribution in [0.3, 0.4) is 0 Å². The Balaban J connectivity index is 1.99. The molecule has 2 aromatic heterocycles. The van der Waals surface area contributed by atoms with E-state index in [1.54, 1.807) is 49.2 Å². The van der Waals surface area contributed by atoms with Gasteiger partial charge in [-0.2, -0.15) is 5.10 Å². The topological polar surface area (TPSA) is 78.5 Å². The van der Waals surface area contributed by atoms with E-state index in [9.17, 15) is 9.59 Å². The standard InChI is InChI=1S/C22H21ClN4O3/c1-4-30-20(29)10-18-15-9-19(28)26(2)12-17(15)16-11-24-27(3)22(16)21(25-18)13-5-7-14(23)8-6-13/h5-9,11-12,18H,4,10H2,1-3H3. The molecule has 30 heavy (non-hydrogen) atoms. The molecule has 1 aromatic carbocycles. The summed E-state index contributed by atoms with van der Waals surface area (Å²) in [6, 6.07) is 8.34. The zero-order valence-electron chi connectivity index (χ0n) is 16.9. The van der Waals surface area contributed by atoms with Gasteiger partial charge in [-0.1, -0.05) is 23.7 Å². The minimum Gasteiger partial charge on any atom is -0.466 e. The minimum atomic E-state index is -0.564. The number of pyridine rings is 1. The fourth-order valence-corrected chi connectivity index (χ4v) is 3.83. The first kappa shape index (κ1) is 20.1. The van der Waals surface area contributed by atoms with Crippen LogP contribution in [-0.4, -0.2) is 32.6 Å². The van der Waals surface area contributed by atoms with E-state index in [1.165, 1.54) is 4.57 Å². The molecule has 4 rings (SSSR count). The van der Waals surface area contributed by atoms with Crippen LogP contribution in [0.4, 0.5) is 0 Å². The maximum Gasteiger partial charge on any atom is 0.308 e. The Hall–Kier alpha value is -3.19. The number of hydrogen-bond donors (Lipinski definition) is 0. The summed E-state index contributed by atoms with van der Waals surface area (Å²) in [5.41, 5.74) is 4.52. The number of ether oxygens (including phenoxy) is 1. The Bertz CT molecular complexity index is 1210. The molecular weight excluding hydrogens is 404 g/mol. The maximum atomic E-state index is 12.4. The molecule has 0 saturated carbocycles. The Kier molecular flexibility index (Phi) is 5.30. The number of carbonyl (C=O) groups excluding carboxylic acids is 1. The van der Waals surface area contributed by atoms with E-state index in [2.05, 4.69) is 5.10 Å². The van der Waals surface area contributed by atoms with Gasteiger partial charge in [0.15, 0.2) is 0 Å². The van der Waals surface area contributed by atoms with Crippen LogP contribution >= 0.6 is 11.6 Å². The first-order valence-electron chi connectivity index (χ1n) is 9.61. The summed E-state index contributed by atoms with van der Waals surface area (Å²) in [7, 11) is 3.54. The number of carbonyl (C=O) groups is 1. The molecule has 0 saturated heterocycles. The number of esters is 1. The zero-order chi connectivity index (χ0) is 21.4. The molecule has 0 spiro atoms. The van der Waals surface area contributed by atoms with Crippen LogP contribution in [0.15, 0.2) is 52.5 Å². The molecule has 7 nitrogen and oxygen atoms in total. The second-order valence-electron chi connectivity index (χ2n) is 7.13. The predicted molar refractivity (Wildman–Crippen MR) is 115 cm³/mol. The number of hydrogen-bond acceptors (Lipinski definition) is 5. The summed E-state index contributed by atoms with van der Waals surface area (Å²) in [5.74, 6) is -0.364. The molecule has 1 atom stereocenters. The molecule has 3 heterocycles. The molecule has 0 radical (unpaired) electrons. The van der Waals surface area contributed by atoms with E-state index in [1.807, 2.05) is 19.2 Å². The van der Waals surface area contributed by atoms with Crippen molar-refractivity contribution in [1.29, 1.82) is 0 Å². The average Bonchev–Trinajstić information content (AvgIpc) is 3.03. The van der Waals surface area contributed by atoms with Gasteiger partial charge in [-0.15, -0.1) is 0 Å². The highest BCUT2D eigenvalue weighted by Crippen LogP contribution is 2.38. The van der Waals surface area contributed by atoms with Gasteiger partial charge in [0, 0.05) is 48.1 Å². The SMILES string of the molecule is CCOC(=O)CC1N=C(c2ccc(Cl)cc2)c2c(cnn2C)-c2cn(C)c(=O)cc21. The third-order valence-corrected chi connectivity index (χ3v) is 5.39. The van der Waals surface area contributed by atoms with Gasteiger partial charge in [0.25, 0.3) is 5.56 Å². The predicted octanol–water partition coefficient (Wildman–Crippen LogP) is 3.28. The van der Waals surface area contributed by atoms with Crippen molar-refractivity contribution in [3.63, 3.8) is 0 Å². The van der Waals surface area contributed by atoms with Crippen LogP contribution < -0.4 is 5.56 Å². The van der Waals surface area contributed by atoms with Crippen LogP contribution in [0.5, 0.6) is 0 Å². The van der Waals surface area contributed by atoms with E-state index >= 15 is 0 Å². The van der Waals surface area contributed by atoms with Crippen LogP contribution in [-0.2, 0) is 23.6 Å². The second-order valence-corrected chi connectivity index (χ2v) is 7.57. The van der Waals surface area contributed by atoms with E-state index in [0.29, 0.717) is 16.3 Å². The molecule has 0 amide bonds. The normalized spacial score (nSPS) is 15.1. The number of aliphatic imine (C=N–C) groups is 1. The molecule has 154 valence electrons. The number of aryl methyl sites for hydroxylation is 2. The van der Waals surface area contributed by atoms with Gasteiger partial charge in [-0.05, 0) is 24.6 Å². The van der Waals surface area contributed by atoms with E-state index in [-0.39, 0.29) is 24.6 Å². The summed E-state index contributed by atoms with van der Waals surface area (Å²) in [6.07, 6.45) is 3.57. The number of benzene rings is 1. The van der Waals surface area contributed by atoms with Gasteiger partial charge in [0.05, 0.1) is 36.7 Å². The van der Waals surface area contributed by atoms with Gasteiger partial charge >= 0.3 is 5.97 Å². The maximum absolute atomic E-state index is 12.4. The molecule has 1 aliphatic heterocycles. The molecule has 0 bridgehead atoms. The second kappa shape index (κ2) is 7.91. The largest absolute Gasteiger partial charge is 0.466 e. The Morgan fingerprint density at radius 3 is 2.63 bits per heavy atom. The van der Waals surface area contributed by atoms with Crippen LogP contribution in [0.2, 0.25) is 5.02 Å². The highest BCUT2D eigenvalue weighted by Gasteiger charge is 2.30. The fraction of sp³-hybridized carbons (Fsp3) is 0.273. The number of halogens is 1. The zero-order valence-corrected chi connectivity index (χ0v) is 17.7. The van der Waals surface area contributed by atoms with E-state index in [4.69, 9.17) is 21.3 Å². The van der Waals surface area contributed by atoms with Crippen molar-refractivity contribution in [2.75, 3.05) is 6.61 Å². The Labute approximate surface area is 178 Å². The third-order valence-electron chi connectivity index (χ3n) is 5.14. The molecule has 0 fully saturated rings. The number of rotatable bonds is 4. The van der Waals surface area contributed by atoms with Crippen molar-refractivity contribution in [2.24, 2.45) is 19.1 Å². The summed E-state index contributed by atoms with van der Waals surface area (Å²) in [5, 5.41) is 5.05. The van der Waals surface area contributed by atoms with Gasteiger partial charge < -0.3 is 9.30 Å². The lowest BCUT2D eigenvalue weighted by Crippen LogP contribution is -2.18. The molecular formula is C22H21ClN4O3. The van der Waals surface area contributed by atoms with Crippen LogP contribution in [0.1, 0.15) is 36.2 Å². The van der Waals surface area contributed by atoms with Crippen molar-refractivity contribution in [3.8, 4) is 11.1 Å². The van der Waals surface area contributed by atoms with Crippen molar-refractivity contribution < 1.29 is 9.53 Å². The quantitative estimate of drug-likeness (QED) is 0.602. The number of fused-ring (bicyclic) bond motifs is 3. The van der Waals surface area contributed by atoms with E-state index < -0.39 is 6.04 Å². The van der Waals surface area contributed by atoms with Gasteiger partial charge in [0.2, 0.25) is 0 Å². The lowest BCUT2D eigenvalue weighted by Gasteiger charge is -2.15. The lowest BCUT2D eigenvalue weighted by molar-refractivity contribution is -0.143. The first-order valence-corrected chi connectivity index (χ1v) is 9.99.